The van der Waals surface area contributed by atoms with Gasteiger partial charge in [0.15, 0.2) is 5.75 Å². The van der Waals surface area contributed by atoms with Gasteiger partial charge in [-0.25, -0.2) is 0 Å². The van der Waals surface area contributed by atoms with E-state index < -0.39 is 23.5 Å². The molecular formula is C26H20Cl3NO5. The van der Waals surface area contributed by atoms with Crippen molar-refractivity contribution in [2.24, 2.45) is 0 Å². The van der Waals surface area contributed by atoms with Crippen LogP contribution in [0.25, 0.3) is 5.76 Å². The van der Waals surface area contributed by atoms with Crippen molar-refractivity contribution in [1.29, 1.82) is 0 Å². The van der Waals surface area contributed by atoms with Gasteiger partial charge in [-0.2, -0.15) is 0 Å². The molecule has 0 aliphatic carbocycles. The van der Waals surface area contributed by atoms with Crippen molar-refractivity contribution in [3.63, 3.8) is 0 Å². The third-order valence-corrected chi connectivity index (χ3v) is 6.67. The Morgan fingerprint density at radius 1 is 0.914 bits per heavy atom. The minimum absolute atomic E-state index is 0.103. The summed E-state index contributed by atoms with van der Waals surface area (Å²) in [7, 11) is 2.89. The summed E-state index contributed by atoms with van der Waals surface area (Å²) in [6.07, 6.45) is 0. The van der Waals surface area contributed by atoms with E-state index in [1.54, 1.807) is 24.3 Å². The first-order valence-electron chi connectivity index (χ1n) is 10.4. The predicted molar refractivity (Wildman–Crippen MR) is 137 cm³/mol. The zero-order chi connectivity index (χ0) is 25.4. The normalized spacial score (nSPS) is 17.1. The Morgan fingerprint density at radius 3 is 2.14 bits per heavy atom. The standard InChI is InChI=1S/C26H20Cl3NO5/c1-13-6-4-5-7-16(13)22-21(23(31)14-10-18(28)25(35-3)19(29)11-14)24(32)26(33)30(22)15-8-9-20(34-2)17(27)12-15/h4-12,22,31H,1-3H3/b23-21+. The molecule has 1 aliphatic heterocycles. The lowest BCUT2D eigenvalue weighted by molar-refractivity contribution is -0.132. The number of halogens is 3. The summed E-state index contributed by atoms with van der Waals surface area (Å²) >= 11 is 18.9. The van der Waals surface area contributed by atoms with Crippen LogP contribution < -0.4 is 14.4 Å². The molecule has 35 heavy (non-hydrogen) atoms. The molecule has 3 aromatic rings. The molecule has 0 bridgehead atoms. The van der Waals surface area contributed by atoms with Gasteiger partial charge in [-0.15, -0.1) is 0 Å². The Hall–Kier alpha value is -3.19. The van der Waals surface area contributed by atoms with E-state index in [-0.39, 0.29) is 32.0 Å². The summed E-state index contributed by atoms with van der Waals surface area (Å²) < 4.78 is 10.4. The van der Waals surface area contributed by atoms with Crippen molar-refractivity contribution < 1.29 is 24.2 Å². The second kappa shape index (κ2) is 9.82. The lowest BCUT2D eigenvalue weighted by atomic mass is 9.92. The molecule has 0 saturated carbocycles. The number of aliphatic hydroxyl groups is 1. The van der Waals surface area contributed by atoms with E-state index in [1.807, 2.05) is 19.1 Å². The second-order valence-electron chi connectivity index (χ2n) is 7.82. The largest absolute Gasteiger partial charge is 0.507 e. The first-order chi connectivity index (χ1) is 16.7. The van der Waals surface area contributed by atoms with Crippen molar-refractivity contribution >= 4 is 57.9 Å². The van der Waals surface area contributed by atoms with Crippen LogP contribution in [0.3, 0.4) is 0 Å². The van der Waals surface area contributed by atoms with E-state index in [9.17, 15) is 14.7 Å². The molecule has 1 atom stereocenters. The maximum atomic E-state index is 13.3. The van der Waals surface area contributed by atoms with Crippen LogP contribution in [-0.4, -0.2) is 31.0 Å². The van der Waals surface area contributed by atoms with Crippen LogP contribution in [0.15, 0.2) is 60.2 Å². The number of rotatable bonds is 5. The maximum Gasteiger partial charge on any atom is 0.300 e. The van der Waals surface area contributed by atoms with Crippen LogP contribution in [0.4, 0.5) is 5.69 Å². The summed E-state index contributed by atoms with van der Waals surface area (Å²) in [5.74, 6) is -1.43. The quantitative estimate of drug-likeness (QED) is 0.228. The molecular weight excluding hydrogens is 513 g/mol. The van der Waals surface area contributed by atoms with Crippen molar-refractivity contribution in [3.05, 3.63) is 91.9 Å². The van der Waals surface area contributed by atoms with Gasteiger partial charge in [0.05, 0.1) is 40.9 Å². The number of carbonyl (C=O) groups excluding carboxylic acids is 2. The number of aliphatic hydroxyl groups excluding tert-OH is 1. The van der Waals surface area contributed by atoms with Gasteiger partial charge in [-0.05, 0) is 48.4 Å². The molecule has 1 unspecified atom stereocenters. The molecule has 0 radical (unpaired) electrons. The smallest absolute Gasteiger partial charge is 0.300 e. The van der Waals surface area contributed by atoms with E-state index in [4.69, 9.17) is 44.3 Å². The summed E-state index contributed by atoms with van der Waals surface area (Å²) in [4.78, 5) is 28.0. The maximum absolute atomic E-state index is 13.3. The summed E-state index contributed by atoms with van der Waals surface area (Å²) in [5, 5.41) is 11.9. The second-order valence-corrected chi connectivity index (χ2v) is 9.04. The van der Waals surface area contributed by atoms with Gasteiger partial charge < -0.3 is 14.6 Å². The molecule has 4 rings (SSSR count). The number of carbonyl (C=O) groups is 2. The Bertz CT molecular complexity index is 1360. The minimum Gasteiger partial charge on any atom is -0.507 e. The molecule has 0 aromatic heterocycles. The topological polar surface area (TPSA) is 76.1 Å². The molecule has 1 aliphatic rings. The zero-order valence-corrected chi connectivity index (χ0v) is 21.2. The van der Waals surface area contributed by atoms with Gasteiger partial charge >= 0.3 is 0 Å². The van der Waals surface area contributed by atoms with Crippen molar-refractivity contribution in [3.8, 4) is 11.5 Å². The molecule has 1 saturated heterocycles. The molecule has 3 aromatic carbocycles. The Labute approximate surface area is 217 Å². The monoisotopic (exact) mass is 531 g/mol. The summed E-state index contributed by atoms with van der Waals surface area (Å²) in [5.41, 5.74) is 1.92. The Kier molecular flexibility index (Phi) is 6.99. The predicted octanol–water partition coefficient (Wildman–Crippen LogP) is 6.60. The van der Waals surface area contributed by atoms with Crippen LogP contribution in [0, 0.1) is 6.92 Å². The average Bonchev–Trinajstić information content (AvgIpc) is 3.08. The van der Waals surface area contributed by atoms with Crippen LogP contribution in [0.5, 0.6) is 11.5 Å². The Balaban J connectivity index is 1.98. The number of benzene rings is 3. The van der Waals surface area contributed by atoms with Crippen molar-refractivity contribution in [2.75, 3.05) is 19.1 Å². The van der Waals surface area contributed by atoms with Crippen LogP contribution >= 0.6 is 34.8 Å². The number of ether oxygens (including phenoxy) is 2. The summed E-state index contributed by atoms with van der Waals surface area (Å²) in [6.45, 7) is 1.86. The van der Waals surface area contributed by atoms with E-state index >= 15 is 0 Å². The third kappa shape index (κ3) is 4.33. The molecule has 9 heteroatoms. The molecule has 1 fully saturated rings. The summed E-state index contributed by atoms with van der Waals surface area (Å²) in [6, 6.07) is 14.0. The average molecular weight is 533 g/mol. The minimum atomic E-state index is -0.930. The fourth-order valence-corrected chi connectivity index (χ4v) is 5.03. The lowest BCUT2D eigenvalue weighted by Crippen LogP contribution is -2.29. The number of anilines is 1. The molecule has 180 valence electrons. The number of Topliss-reactive ketones (excluding diaryl/α,β-unsaturated/α-hetero) is 1. The van der Waals surface area contributed by atoms with Crippen LogP contribution in [-0.2, 0) is 9.59 Å². The van der Waals surface area contributed by atoms with E-state index in [1.165, 1.54) is 37.3 Å². The molecule has 1 heterocycles. The fourth-order valence-electron chi connectivity index (χ4n) is 4.14. The SMILES string of the molecule is COc1ccc(N2C(=O)C(=O)/C(=C(/O)c3cc(Cl)c(OC)c(Cl)c3)C2c2ccccc2C)cc1Cl. The first kappa shape index (κ1) is 24.9. The van der Waals surface area contributed by atoms with Gasteiger partial charge in [0.25, 0.3) is 11.7 Å². The number of nitrogens with zero attached hydrogens (tertiary/aromatic N) is 1. The molecule has 0 spiro atoms. The zero-order valence-electron chi connectivity index (χ0n) is 18.9. The van der Waals surface area contributed by atoms with Crippen LogP contribution in [0.1, 0.15) is 22.7 Å². The van der Waals surface area contributed by atoms with Gasteiger partial charge in [0.1, 0.15) is 11.5 Å². The number of amides is 1. The lowest BCUT2D eigenvalue weighted by Gasteiger charge is -2.27. The fraction of sp³-hybridized carbons (Fsp3) is 0.154. The van der Waals surface area contributed by atoms with E-state index in [0.717, 1.165) is 5.56 Å². The highest BCUT2D eigenvalue weighted by atomic mass is 35.5. The van der Waals surface area contributed by atoms with Crippen LogP contribution in [0.2, 0.25) is 15.1 Å². The van der Waals surface area contributed by atoms with Gasteiger partial charge in [0.2, 0.25) is 0 Å². The van der Waals surface area contributed by atoms with Gasteiger partial charge in [-0.3, -0.25) is 14.5 Å². The highest BCUT2D eigenvalue weighted by molar-refractivity contribution is 6.52. The number of ketones is 1. The van der Waals surface area contributed by atoms with Crippen molar-refractivity contribution in [1.82, 2.24) is 0 Å². The first-order valence-corrected chi connectivity index (χ1v) is 11.6. The number of methoxy groups -OCH3 is 2. The van der Waals surface area contributed by atoms with E-state index in [2.05, 4.69) is 0 Å². The van der Waals surface area contributed by atoms with E-state index in [0.29, 0.717) is 17.0 Å². The van der Waals surface area contributed by atoms with Gasteiger partial charge in [0, 0.05) is 11.3 Å². The van der Waals surface area contributed by atoms with Gasteiger partial charge in [-0.1, -0.05) is 59.1 Å². The molecule has 1 N–H and O–H groups in total. The highest BCUT2D eigenvalue weighted by Gasteiger charge is 2.47. The Morgan fingerprint density at radius 2 is 1.57 bits per heavy atom. The number of aryl methyl sites for hydroxylation is 1. The highest BCUT2D eigenvalue weighted by Crippen LogP contribution is 2.45. The number of hydrogen-bond acceptors (Lipinski definition) is 5. The molecule has 6 nitrogen and oxygen atoms in total. The third-order valence-electron chi connectivity index (χ3n) is 5.82. The number of hydrogen-bond donors (Lipinski definition) is 1. The molecule has 1 amide bonds. The van der Waals surface area contributed by atoms with Crippen molar-refractivity contribution in [2.45, 2.75) is 13.0 Å².